The zero-order valence-corrected chi connectivity index (χ0v) is 12.6. The Morgan fingerprint density at radius 1 is 1.05 bits per heavy atom. The van der Waals surface area contributed by atoms with E-state index in [1.54, 1.807) is 0 Å². The molecule has 114 valence electrons. The van der Waals surface area contributed by atoms with Crippen molar-refractivity contribution in [3.05, 3.63) is 71.8 Å². The number of amides is 1. The second kappa shape index (κ2) is 6.75. The fraction of sp³-hybridized carbons (Fsp3) is 0.316. The van der Waals surface area contributed by atoms with Crippen LogP contribution in [0.5, 0.6) is 0 Å². The van der Waals surface area contributed by atoms with Gasteiger partial charge in [-0.2, -0.15) is 0 Å². The van der Waals surface area contributed by atoms with Crippen LogP contribution in [0.3, 0.4) is 0 Å². The monoisotopic (exact) mass is 295 g/mol. The minimum Gasteiger partial charge on any atom is -0.394 e. The van der Waals surface area contributed by atoms with Crippen LogP contribution in [0.15, 0.2) is 60.7 Å². The first kappa shape index (κ1) is 14.8. The number of hydrogen-bond acceptors (Lipinski definition) is 2. The number of rotatable bonds is 5. The Hall–Kier alpha value is -2.13. The van der Waals surface area contributed by atoms with Crippen LogP contribution < -0.4 is 0 Å². The van der Waals surface area contributed by atoms with Crippen molar-refractivity contribution in [2.45, 2.75) is 18.9 Å². The highest BCUT2D eigenvalue weighted by atomic mass is 16.3. The van der Waals surface area contributed by atoms with E-state index in [2.05, 4.69) is 12.1 Å². The number of nitrogens with zero attached hydrogens (tertiary/aromatic N) is 1. The van der Waals surface area contributed by atoms with Gasteiger partial charge in [0.05, 0.1) is 12.6 Å². The SMILES string of the molecule is O=C1[C@@H](Cc2ccccc2)CCN1[C@@H](CO)c1ccccc1. The molecule has 2 aromatic rings. The highest BCUT2D eigenvalue weighted by molar-refractivity contribution is 5.81. The lowest BCUT2D eigenvalue weighted by Crippen LogP contribution is -2.34. The molecule has 2 aromatic carbocycles. The zero-order chi connectivity index (χ0) is 15.4. The Kier molecular flexibility index (Phi) is 4.54. The first-order chi connectivity index (χ1) is 10.8. The Bertz CT molecular complexity index is 612. The summed E-state index contributed by atoms with van der Waals surface area (Å²) in [7, 11) is 0. The minimum atomic E-state index is -0.227. The molecule has 0 spiro atoms. The van der Waals surface area contributed by atoms with Crippen LogP contribution in [0.25, 0.3) is 0 Å². The number of aliphatic hydroxyl groups is 1. The summed E-state index contributed by atoms with van der Waals surface area (Å²) in [6.45, 7) is 0.685. The Morgan fingerprint density at radius 2 is 1.68 bits per heavy atom. The third-order valence-corrected chi connectivity index (χ3v) is 4.41. The molecule has 1 aliphatic rings. The highest BCUT2D eigenvalue weighted by Crippen LogP contribution is 2.30. The molecule has 1 N–H and O–H groups in total. The van der Waals surface area contributed by atoms with Crippen molar-refractivity contribution in [1.82, 2.24) is 4.90 Å². The number of hydrogen-bond donors (Lipinski definition) is 1. The fourth-order valence-electron chi connectivity index (χ4n) is 3.22. The molecule has 1 heterocycles. The van der Waals surface area contributed by atoms with E-state index in [4.69, 9.17) is 0 Å². The summed E-state index contributed by atoms with van der Waals surface area (Å²) in [5, 5.41) is 9.74. The molecule has 0 bridgehead atoms. The van der Waals surface area contributed by atoms with Crippen LogP contribution in [0.4, 0.5) is 0 Å². The normalized spacial score (nSPS) is 19.4. The van der Waals surface area contributed by atoms with Crippen LogP contribution in [-0.2, 0) is 11.2 Å². The van der Waals surface area contributed by atoms with Crippen LogP contribution in [0.2, 0.25) is 0 Å². The maximum atomic E-state index is 12.7. The van der Waals surface area contributed by atoms with Gasteiger partial charge in [-0.25, -0.2) is 0 Å². The molecule has 0 saturated carbocycles. The lowest BCUT2D eigenvalue weighted by Gasteiger charge is -2.27. The molecule has 2 atom stereocenters. The molecule has 1 aliphatic heterocycles. The van der Waals surface area contributed by atoms with Gasteiger partial charge in [0.15, 0.2) is 0 Å². The van der Waals surface area contributed by atoms with Gasteiger partial charge in [0.25, 0.3) is 0 Å². The van der Waals surface area contributed by atoms with Crippen LogP contribution in [0.1, 0.15) is 23.6 Å². The van der Waals surface area contributed by atoms with Crippen molar-refractivity contribution in [2.75, 3.05) is 13.2 Å². The molecule has 3 nitrogen and oxygen atoms in total. The molecule has 0 aromatic heterocycles. The van der Waals surface area contributed by atoms with Gasteiger partial charge in [-0.15, -0.1) is 0 Å². The summed E-state index contributed by atoms with van der Waals surface area (Å²) in [5.41, 5.74) is 2.20. The molecule has 22 heavy (non-hydrogen) atoms. The van der Waals surface area contributed by atoms with Crippen LogP contribution in [0, 0.1) is 5.92 Å². The first-order valence-electron chi connectivity index (χ1n) is 7.80. The van der Waals surface area contributed by atoms with Gasteiger partial charge in [-0.3, -0.25) is 4.79 Å². The molecule has 3 heteroatoms. The van der Waals surface area contributed by atoms with E-state index >= 15 is 0 Å². The third kappa shape index (κ3) is 3.04. The summed E-state index contributed by atoms with van der Waals surface area (Å²) in [6.07, 6.45) is 1.64. The zero-order valence-electron chi connectivity index (χ0n) is 12.6. The molecular formula is C19H21NO2. The van der Waals surface area contributed by atoms with E-state index in [-0.39, 0.29) is 24.5 Å². The summed E-state index contributed by atoms with van der Waals surface area (Å²) in [5.74, 6) is 0.187. The maximum absolute atomic E-state index is 12.7. The van der Waals surface area contributed by atoms with Crippen molar-refractivity contribution < 1.29 is 9.90 Å². The van der Waals surface area contributed by atoms with Gasteiger partial charge in [-0.05, 0) is 24.0 Å². The molecular weight excluding hydrogens is 274 g/mol. The molecule has 1 saturated heterocycles. The van der Waals surface area contributed by atoms with E-state index in [0.717, 1.165) is 24.9 Å². The molecule has 0 radical (unpaired) electrons. The standard InChI is InChI=1S/C19H21NO2/c21-14-18(16-9-5-2-6-10-16)20-12-11-17(19(20)22)13-15-7-3-1-4-8-15/h1-10,17-18,21H,11-14H2/t17-,18+/m1/s1. The van der Waals surface area contributed by atoms with Gasteiger partial charge >= 0.3 is 0 Å². The summed E-state index contributed by atoms with van der Waals surface area (Å²) < 4.78 is 0. The summed E-state index contributed by atoms with van der Waals surface area (Å²) in [4.78, 5) is 14.5. The van der Waals surface area contributed by atoms with E-state index in [9.17, 15) is 9.90 Å². The fourth-order valence-corrected chi connectivity index (χ4v) is 3.22. The Labute approximate surface area is 131 Å². The highest BCUT2D eigenvalue weighted by Gasteiger charge is 2.36. The van der Waals surface area contributed by atoms with Gasteiger partial charge in [-0.1, -0.05) is 60.7 Å². The van der Waals surface area contributed by atoms with Gasteiger partial charge in [0.2, 0.25) is 5.91 Å². The molecule has 1 amide bonds. The van der Waals surface area contributed by atoms with Crippen LogP contribution in [-0.4, -0.2) is 29.1 Å². The maximum Gasteiger partial charge on any atom is 0.226 e. The molecule has 0 unspecified atom stereocenters. The summed E-state index contributed by atoms with van der Waals surface area (Å²) >= 11 is 0. The Morgan fingerprint density at radius 3 is 2.32 bits per heavy atom. The quantitative estimate of drug-likeness (QED) is 0.921. The van der Waals surface area contributed by atoms with E-state index in [0.29, 0.717) is 0 Å². The largest absolute Gasteiger partial charge is 0.394 e. The van der Waals surface area contributed by atoms with Crippen molar-refractivity contribution >= 4 is 5.91 Å². The van der Waals surface area contributed by atoms with Gasteiger partial charge in [0.1, 0.15) is 0 Å². The number of benzene rings is 2. The lowest BCUT2D eigenvalue weighted by molar-refractivity contribution is -0.133. The third-order valence-electron chi connectivity index (χ3n) is 4.41. The van der Waals surface area contributed by atoms with Crippen molar-refractivity contribution in [3.8, 4) is 0 Å². The smallest absolute Gasteiger partial charge is 0.226 e. The Balaban J connectivity index is 1.72. The molecule has 1 fully saturated rings. The summed E-state index contributed by atoms with van der Waals surface area (Å²) in [6, 6.07) is 19.7. The van der Waals surface area contributed by atoms with Crippen molar-refractivity contribution in [2.24, 2.45) is 5.92 Å². The van der Waals surface area contributed by atoms with E-state index in [1.165, 1.54) is 5.56 Å². The van der Waals surface area contributed by atoms with Crippen molar-refractivity contribution in [1.29, 1.82) is 0 Å². The van der Waals surface area contributed by atoms with E-state index < -0.39 is 0 Å². The first-order valence-corrected chi connectivity index (χ1v) is 7.80. The molecule has 3 rings (SSSR count). The average molecular weight is 295 g/mol. The second-order valence-corrected chi connectivity index (χ2v) is 5.82. The average Bonchev–Trinajstić information content (AvgIpc) is 2.92. The van der Waals surface area contributed by atoms with Crippen molar-refractivity contribution in [3.63, 3.8) is 0 Å². The lowest BCUT2D eigenvalue weighted by atomic mass is 9.98. The predicted octanol–water partition coefficient (Wildman–Crippen LogP) is 2.81. The van der Waals surface area contributed by atoms with Crippen LogP contribution >= 0.6 is 0 Å². The minimum absolute atomic E-state index is 0.0279. The molecule has 0 aliphatic carbocycles. The van der Waals surface area contributed by atoms with Gasteiger partial charge < -0.3 is 10.0 Å². The number of aliphatic hydroxyl groups excluding tert-OH is 1. The number of carbonyl (C=O) groups is 1. The topological polar surface area (TPSA) is 40.5 Å². The second-order valence-electron chi connectivity index (χ2n) is 5.82. The van der Waals surface area contributed by atoms with E-state index in [1.807, 2.05) is 53.4 Å². The number of likely N-dealkylation sites (tertiary alicyclic amines) is 1. The van der Waals surface area contributed by atoms with Gasteiger partial charge in [0, 0.05) is 12.5 Å². The number of carbonyl (C=O) groups excluding carboxylic acids is 1. The predicted molar refractivity (Wildman–Crippen MR) is 86.2 cm³/mol.